The zero-order valence-corrected chi connectivity index (χ0v) is 9.50. The van der Waals surface area contributed by atoms with E-state index in [0.29, 0.717) is 26.3 Å². The molecule has 1 fully saturated rings. The summed E-state index contributed by atoms with van der Waals surface area (Å²) in [6, 6.07) is 0. The summed E-state index contributed by atoms with van der Waals surface area (Å²) in [5.74, 6) is 0.764. The Bertz CT molecular complexity index is 153. The molecule has 84 valence electrons. The minimum absolute atomic E-state index is 0.0158. The smallest absolute Gasteiger partial charge is 0.102 e. The SMILES string of the molecule is CC(C)CCCC[N+]1([O-])CCOCC1. The normalized spacial score (nSPS) is 21.4. The highest BCUT2D eigenvalue weighted by atomic mass is 16.6. The molecule has 14 heavy (non-hydrogen) atoms. The van der Waals surface area contributed by atoms with Crippen molar-refractivity contribution in [3.63, 3.8) is 0 Å². The van der Waals surface area contributed by atoms with Gasteiger partial charge in [0.15, 0.2) is 0 Å². The van der Waals surface area contributed by atoms with Crippen LogP contribution in [0.2, 0.25) is 0 Å². The molecule has 0 spiro atoms. The van der Waals surface area contributed by atoms with Gasteiger partial charge >= 0.3 is 0 Å². The number of ether oxygens (including phenoxy) is 1. The Balaban J connectivity index is 2.09. The Kier molecular flexibility index (Phi) is 4.85. The molecule has 1 heterocycles. The van der Waals surface area contributed by atoms with Crippen LogP contribution in [0.15, 0.2) is 0 Å². The van der Waals surface area contributed by atoms with Crippen LogP contribution in [-0.4, -0.2) is 37.5 Å². The number of unbranched alkanes of at least 4 members (excludes halogenated alkanes) is 1. The first-order valence-corrected chi connectivity index (χ1v) is 5.77. The summed E-state index contributed by atoms with van der Waals surface area (Å²) < 4.78 is 5.18. The third kappa shape index (κ3) is 4.40. The molecular formula is C11H23NO2. The fourth-order valence-corrected chi connectivity index (χ4v) is 1.85. The molecule has 0 unspecified atom stereocenters. The van der Waals surface area contributed by atoms with Gasteiger partial charge in [0, 0.05) is 0 Å². The van der Waals surface area contributed by atoms with Crippen molar-refractivity contribution in [2.75, 3.05) is 32.8 Å². The van der Waals surface area contributed by atoms with Crippen LogP contribution in [0.4, 0.5) is 0 Å². The second kappa shape index (κ2) is 5.69. The Morgan fingerprint density at radius 2 is 1.86 bits per heavy atom. The van der Waals surface area contributed by atoms with E-state index in [1.54, 1.807) is 0 Å². The van der Waals surface area contributed by atoms with Gasteiger partial charge < -0.3 is 14.6 Å². The lowest BCUT2D eigenvalue weighted by molar-refractivity contribution is -0.888. The van der Waals surface area contributed by atoms with Crippen LogP contribution in [0.25, 0.3) is 0 Å². The van der Waals surface area contributed by atoms with Crippen LogP contribution in [0.3, 0.4) is 0 Å². The molecule has 1 rings (SSSR count). The summed E-state index contributed by atoms with van der Waals surface area (Å²) in [7, 11) is 0. The molecule has 3 heteroatoms. The molecule has 0 bridgehead atoms. The van der Waals surface area contributed by atoms with E-state index in [4.69, 9.17) is 4.74 Å². The van der Waals surface area contributed by atoms with Crippen LogP contribution in [-0.2, 0) is 4.74 Å². The first-order valence-electron chi connectivity index (χ1n) is 5.77. The summed E-state index contributed by atoms with van der Waals surface area (Å²) in [5.41, 5.74) is 0. The highest BCUT2D eigenvalue weighted by Gasteiger charge is 2.20. The molecule has 1 aliphatic rings. The number of hydrogen-bond donors (Lipinski definition) is 0. The maximum absolute atomic E-state index is 12.0. The summed E-state index contributed by atoms with van der Waals surface area (Å²) in [6.07, 6.45) is 3.51. The Morgan fingerprint density at radius 3 is 2.43 bits per heavy atom. The van der Waals surface area contributed by atoms with Crippen LogP contribution >= 0.6 is 0 Å². The standard InChI is InChI=1S/C11H23NO2/c1-11(2)5-3-4-6-12(13)7-9-14-10-8-12/h11H,3-10H2,1-2H3. The molecule has 0 aliphatic carbocycles. The maximum atomic E-state index is 12.0. The molecule has 0 N–H and O–H groups in total. The Labute approximate surface area is 87.2 Å². The average Bonchev–Trinajstić information content (AvgIpc) is 2.14. The van der Waals surface area contributed by atoms with Gasteiger partial charge in [0.1, 0.15) is 13.1 Å². The molecule has 0 amide bonds. The van der Waals surface area contributed by atoms with E-state index in [9.17, 15) is 5.21 Å². The van der Waals surface area contributed by atoms with Gasteiger partial charge in [0.05, 0.1) is 19.8 Å². The average molecular weight is 201 g/mol. The van der Waals surface area contributed by atoms with Gasteiger partial charge in [-0.05, 0) is 18.8 Å². The van der Waals surface area contributed by atoms with Gasteiger partial charge in [-0.1, -0.05) is 20.3 Å². The molecule has 0 radical (unpaired) electrons. The van der Waals surface area contributed by atoms with Crippen molar-refractivity contribution < 1.29 is 9.38 Å². The molecule has 3 nitrogen and oxygen atoms in total. The van der Waals surface area contributed by atoms with E-state index in [1.165, 1.54) is 12.8 Å². The highest BCUT2D eigenvalue weighted by molar-refractivity contribution is 4.52. The zero-order valence-electron chi connectivity index (χ0n) is 9.50. The van der Waals surface area contributed by atoms with Crippen LogP contribution in [0.5, 0.6) is 0 Å². The van der Waals surface area contributed by atoms with Crippen molar-refractivity contribution in [2.45, 2.75) is 33.1 Å². The van der Waals surface area contributed by atoms with E-state index in [1.807, 2.05) is 0 Å². The summed E-state index contributed by atoms with van der Waals surface area (Å²) in [5, 5.41) is 12.0. The van der Waals surface area contributed by atoms with Gasteiger partial charge in [-0.15, -0.1) is 0 Å². The van der Waals surface area contributed by atoms with E-state index in [-0.39, 0.29) is 4.65 Å². The number of rotatable bonds is 5. The lowest BCUT2D eigenvalue weighted by Gasteiger charge is -2.45. The first kappa shape index (κ1) is 12.0. The fourth-order valence-electron chi connectivity index (χ4n) is 1.85. The fraction of sp³-hybridized carbons (Fsp3) is 1.00. The van der Waals surface area contributed by atoms with Crippen molar-refractivity contribution in [2.24, 2.45) is 5.92 Å². The van der Waals surface area contributed by atoms with Gasteiger partial charge in [0.25, 0.3) is 0 Å². The second-order valence-corrected chi connectivity index (χ2v) is 4.73. The Hall–Kier alpha value is -0.120. The van der Waals surface area contributed by atoms with E-state index >= 15 is 0 Å². The number of quaternary nitrogens is 1. The highest BCUT2D eigenvalue weighted by Crippen LogP contribution is 2.13. The van der Waals surface area contributed by atoms with Crippen molar-refractivity contribution in [1.29, 1.82) is 0 Å². The van der Waals surface area contributed by atoms with E-state index in [0.717, 1.165) is 18.9 Å². The summed E-state index contributed by atoms with van der Waals surface area (Å²) in [4.78, 5) is 0. The second-order valence-electron chi connectivity index (χ2n) is 4.73. The molecule has 1 aliphatic heterocycles. The Morgan fingerprint density at radius 1 is 1.21 bits per heavy atom. The monoisotopic (exact) mass is 201 g/mol. The van der Waals surface area contributed by atoms with Crippen molar-refractivity contribution in [3.8, 4) is 0 Å². The summed E-state index contributed by atoms with van der Waals surface area (Å²) >= 11 is 0. The summed E-state index contributed by atoms with van der Waals surface area (Å²) in [6.45, 7) is 7.85. The third-order valence-electron chi connectivity index (χ3n) is 2.88. The minimum atomic E-state index is -0.0158. The van der Waals surface area contributed by atoms with Crippen LogP contribution in [0, 0.1) is 11.1 Å². The maximum Gasteiger partial charge on any atom is 0.102 e. The van der Waals surface area contributed by atoms with Crippen LogP contribution < -0.4 is 0 Å². The molecule has 0 atom stereocenters. The first-order chi connectivity index (χ1) is 6.62. The molecule has 1 saturated heterocycles. The van der Waals surface area contributed by atoms with Crippen molar-refractivity contribution in [3.05, 3.63) is 5.21 Å². The van der Waals surface area contributed by atoms with Crippen molar-refractivity contribution >= 4 is 0 Å². The predicted molar refractivity (Wildman–Crippen MR) is 57.7 cm³/mol. The molecular weight excluding hydrogens is 178 g/mol. The van der Waals surface area contributed by atoms with E-state index < -0.39 is 0 Å². The van der Waals surface area contributed by atoms with Crippen molar-refractivity contribution in [1.82, 2.24) is 0 Å². The minimum Gasteiger partial charge on any atom is -0.633 e. The zero-order chi connectivity index (χ0) is 10.4. The molecule has 0 aromatic rings. The molecule has 0 aromatic heterocycles. The van der Waals surface area contributed by atoms with Crippen LogP contribution in [0.1, 0.15) is 33.1 Å². The topological polar surface area (TPSA) is 32.3 Å². The van der Waals surface area contributed by atoms with Gasteiger partial charge in [0.2, 0.25) is 0 Å². The van der Waals surface area contributed by atoms with Gasteiger partial charge in [-0.3, -0.25) is 0 Å². The lowest BCUT2D eigenvalue weighted by Crippen LogP contribution is -2.50. The lowest BCUT2D eigenvalue weighted by atomic mass is 10.1. The number of morpholine rings is 1. The third-order valence-corrected chi connectivity index (χ3v) is 2.88. The van der Waals surface area contributed by atoms with Gasteiger partial charge in [-0.25, -0.2) is 0 Å². The number of hydrogen-bond acceptors (Lipinski definition) is 2. The molecule has 0 aromatic carbocycles. The van der Waals surface area contributed by atoms with Gasteiger partial charge in [-0.2, -0.15) is 0 Å². The number of hydroxylamine groups is 3. The number of nitrogens with zero attached hydrogens (tertiary/aromatic N) is 1. The molecule has 0 saturated carbocycles. The van der Waals surface area contributed by atoms with E-state index in [2.05, 4.69) is 13.8 Å². The largest absolute Gasteiger partial charge is 0.633 e. The quantitative estimate of drug-likeness (QED) is 0.388. The predicted octanol–water partition coefficient (Wildman–Crippen LogP) is 2.16.